The third-order valence-electron chi connectivity index (χ3n) is 4.36. The summed E-state index contributed by atoms with van der Waals surface area (Å²) in [4.78, 5) is 4.33. The predicted octanol–water partition coefficient (Wildman–Crippen LogP) is 4.32. The minimum absolute atomic E-state index is 0.0351. The Kier molecular flexibility index (Phi) is 5.43. The maximum Gasteiger partial charge on any atom is 0.130 e. The summed E-state index contributed by atoms with van der Waals surface area (Å²) in [5, 5.41) is 9.07. The van der Waals surface area contributed by atoms with Crippen LogP contribution >= 0.6 is 0 Å². The highest BCUT2D eigenvalue weighted by molar-refractivity contribution is 5.60. The van der Waals surface area contributed by atoms with E-state index in [1.54, 1.807) is 12.3 Å². The van der Waals surface area contributed by atoms with Crippen LogP contribution in [0.1, 0.15) is 48.4 Å². The third-order valence-corrected chi connectivity index (χ3v) is 4.36. The Morgan fingerprint density at radius 3 is 2.74 bits per heavy atom. The van der Waals surface area contributed by atoms with Crippen LogP contribution in [-0.4, -0.2) is 16.7 Å². The predicted molar refractivity (Wildman–Crippen MR) is 92.3 cm³/mol. The average molecular weight is 309 g/mol. The van der Waals surface area contributed by atoms with Crippen molar-refractivity contribution in [1.82, 2.24) is 4.98 Å². The third kappa shape index (κ3) is 3.99. The number of para-hydroxylation sites is 1. The van der Waals surface area contributed by atoms with Crippen molar-refractivity contribution in [3.05, 3.63) is 65.5 Å². The second kappa shape index (κ2) is 7.93. The lowest BCUT2D eigenvalue weighted by atomic mass is 9.94. The van der Waals surface area contributed by atoms with Crippen LogP contribution in [0.2, 0.25) is 0 Å². The molecule has 0 amide bonds. The number of aromatic nitrogens is 1. The molecule has 3 nitrogen and oxygen atoms in total. The first-order valence-corrected chi connectivity index (χ1v) is 8.31. The Morgan fingerprint density at radius 1 is 1.13 bits per heavy atom. The normalized spacial score (nSPS) is 15.3. The zero-order chi connectivity index (χ0) is 15.9. The molecule has 1 heterocycles. The molecule has 0 unspecified atom stereocenters. The molecule has 0 atom stereocenters. The van der Waals surface area contributed by atoms with Crippen molar-refractivity contribution in [2.45, 2.75) is 38.2 Å². The zero-order valence-electron chi connectivity index (χ0n) is 13.3. The van der Waals surface area contributed by atoms with E-state index in [1.807, 2.05) is 30.3 Å². The maximum atomic E-state index is 9.07. The molecule has 1 N–H and O–H groups in total. The molecule has 0 bridgehead atoms. The van der Waals surface area contributed by atoms with Gasteiger partial charge >= 0.3 is 0 Å². The van der Waals surface area contributed by atoms with Gasteiger partial charge in [-0.05, 0) is 36.5 Å². The summed E-state index contributed by atoms with van der Waals surface area (Å²) in [6, 6.07) is 12.2. The van der Waals surface area contributed by atoms with Gasteiger partial charge in [0.1, 0.15) is 12.4 Å². The molecule has 1 saturated carbocycles. The van der Waals surface area contributed by atoms with E-state index in [0.717, 1.165) is 17.0 Å². The monoisotopic (exact) mass is 309 g/mol. The number of hydrogen-bond acceptors (Lipinski definition) is 3. The number of hydrogen-bond donors (Lipinski definition) is 1. The molecule has 1 aromatic heterocycles. The van der Waals surface area contributed by atoms with Gasteiger partial charge in [0, 0.05) is 11.8 Å². The van der Waals surface area contributed by atoms with Gasteiger partial charge in [-0.25, -0.2) is 0 Å². The summed E-state index contributed by atoms with van der Waals surface area (Å²) >= 11 is 0. The molecule has 0 radical (unpaired) electrons. The summed E-state index contributed by atoms with van der Waals surface area (Å²) in [5.41, 5.74) is 3.24. The first-order chi connectivity index (χ1) is 11.4. The van der Waals surface area contributed by atoms with Gasteiger partial charge in [0.25, 0.3) is 0 Å². The highest BCUT2D eigenvalue weighted by atomic mass is 16.5. The smallest absolute Gasteiger partial charge is 0.130 e. The summed E-state index contributed by atoms with van der Waals surface area (Å²) in [5.74, 6) is 1.52. The molecule has 23 heavy (non-hydrogen) atoms. The van der Waals surface area contributed by atoms with Crippen molar-refractivity contribution in [3.8, 4) is 5.75 Å². The molecule has 0 aliphatic heterocycles. The second-order valence-electron chi connectivity index (χ2n) is 5.94. The van der Waals surface area contributed by atoms with Crippen molar-refractivity contribution < 1.29 is 9.84 Å². The topological polar surface area (TPSA) is 42.4 Å². The SMILES string of the molecule is OCC=Cc1cccc(C2CCCC2)c1OCc1ccccn1. The van der Waals surface area contributed by atoms with E-state index in [1.165, 1.54) is 31.2 Å². The lowest BCUT2D eigenvalue weighted by Crippen LogP contribution is -2.04. The molecule has 3 rings (SSSR count). The highest BCUT2D eigenvalue weighted by Gasteiger charge is 2.22. The molecule has 1 fully saturated rings. The molecule has 1 aromatic carbocycles. The number of benzene rings is 1. The summed E-state index contributed by atoms with van der Waals surface area (Å²) in [6.07, 6.45) is 10.5. The van der Waals surface area contributed by atoms with Gasteiger partial charge in [0.05, 0.1) is 12.3 Å². The Hall–Kier alpha value is -2.13. The molecular weight excluding hydrogens is 286 g/mol. The van der Waals surface area contributed by atoms with Crippen molar-refractivity contribution in [2.24, 2.45) is 0 Å². The van der Waals surface area contributed by atoms with Crippen LogP contribution in [0.5, 0.6) is 5.75 Å². The standard InChI is InChI=1S/C20H23NO2/c22-14-6-10-17-9-5-12-19(16-7-1-2-8-16)20(17)23-15-18-11-3-4-13-21-18/h3-6,9-13,16,22H,1-2,7-8,14-15H2. The van der Waals surface area contributed by atoms with Crippen molar-refractivity contribution in [1.29, 1.82) is 0 Å². The van der Waals surface area contributed by atoms with Crippen LogP contribution in [0.4, 0.5) is 0 Å². The van der Waals surface area contributed by atoms with Gasteiger partial charge in [-0.2, -0.15) is 0 Å². The van der Waals surface area contributed by atoms with Gasteiger partial charge in [-0.1, -0.05) is 49.3 Å². The quantitative estimate of drug-likeness (QED) is 0.864. The molecular formula is C20H23NO2. The van der Waals surface area contributed by atoms with E-state index in [9.17, 15) is 0 Å². The summed E-state index contributed by atoms with van der Waals surface area (Å²) in [7, 11) is 0. The van der Waals surface area contributed by atoms with E-state index in [-0.39, 0.29) is 6.61 Å². The molecule has 0 spiro atoms. The Bertz CT molecular complexity index is 646. The van der Waals surface area contributed by atoms with Gasteiger partial charge in [0.2, 0.25) is 0 Å². The lowest BCUT2D eigenvalue weighted by molar-refractivity contribution is 0.295. The average Bonchev–Trinajstić information content (AvgIpc) is 3.13. The van der Waals surface area contributed by atoms with Crippen molar-refractivity contribution in [2.75, 3.05) is 6.61 Å². The molecule has 1 aliphatic rings. The Balaban J connectivity index is 1.88. The van der Waals surface area contributed by atoms with Crippen LogP contribution < -0.4 is 4.74 Å². The second-order valence-corrected chi connectivity index (χ2v) is 5.94. The molecule has 0 saturated heterocycles. The number of aliphatic hydroxyl groups excluding tert-OH is 1. The first kappa shape index (κ1) is 15.8. The minimum Gasteiger partial charge on any atom is -0.486 e. The van der Waals surface area contributed by atoms with E-state index in [2.05, 4.69) is 17.1 Å². The number of nitrogens with zero attached hydrogens (tertiary/aromatic N) is 1. The zero-order valence-corrected chi connectivity index (χ0v) is 13.3. The van der Waals surface area contributed by atoms with Gasteiger partial charge in [0.15, 0.2) is 0 Å². The minimum atomic E-state index is 0.0351. The maximum absolute atomic E-state index is 9.07. The fourth-order valence-electron chi connectivity index (χ4n) is 3.24. The van der Waals surface area contributed by atoms with Gasteiger partial charge in [-0.15, -0.1) is 0 Å². The Morgan fingerprint density at radius 2 is 2.00 bits per heavy atom. The van der Waals surface area contributed by atoms with Gasteiger partial charge < -0.3 is 9.84 Å². The fourth-order valence-corrected chi connectivity index (χ4v) is 3.24. The largest absolute Gasteiger partial charge is 0.486 e. The Labute approximate surface area is 137 Å². The van der Waals surface area contributed by atoms with Crippen LogP contribution in [0, 0.1) is 0 Å². The fraction of sp³-hybridized carbons (Fsp3) is 0.350. The summed E-state index contributed by atoms with van der Waals surface area (Å²) < 4.78 is 6.17. The number of pyridine rings is 1. The van der Waals surface area contributed by atoms with Crippen LogP contribution in [-0.2, 0) is 6.61 Å². The van der Waals surface area contributed by atoms with E-state index >= 15 is 0 Å². The molecule has 120 valence electrons. The van der Waals surface area contributed by atoms with Crippen LogP contribution in [0.15, 0.2) is 48.7 Å². The summed E-state index contributed by atoms with van der Waals surface area (Å²) in [6.45, 7) is 0.498. The lowest BCUT2D eigenvalue weighted by Gasteiger charge is -2.18. The van der Waals surface area contributed by atoms with Gasteiger partial charge in [-0.3, -0.25) is 4.98 Å². The number of rotatable bonds is 6. The number of aliphatic hydroxyl groups is 1. The van der Waals surface area contributed by atoms with Crippen molar-refractivity contribution >= 4 is 6.08 Å². The molecule has 1 aliphatic carbocycles. The van der Waals surface area contributed by atoms with E-state index < -0.39 is 0 Å². The first-order valence-electron chi connectivity index (χ1n) is 8.31. The van der Waals surface area contributed by atoms with Crippen LogP contribution in [0.25, 0.3) is 6.08 Å². The number of ether oxygens (including phenoxy) is 1. The molecule has 3 heteroatoms. The highest BCUT2D eigenvalue weighted by Crippen LogP contribution is 2.40. The van der Waals surface area contributed by atoms with E-state index in [0.29, 0.717) is 12.5 Å². The van der Waals surface area contributed by atoms with Crippen LogP contribution in [0.3, 0.4) is 0 Å². The van der Waals surface area contributed by atoms with Crippen molar-refractivity contribution in [3.63, 3.8) is 0 Å². The van der Waals surface area contributed by atoms with E-state index in [4.69, 9.17) is 9.84 Å². The molecule has 2 aromatic rings.